The van der Waals surface area contributed by atoms with Crippen molar-refractivity contribution in [2.45, 2.75) is 12.4 Å². The number of halogens is 7. The lowest BCUT2D eigenvalue weighted by molar-refractivity contribution is -0.138. The van der Waals surface area contributed by atoms with Gasteiger partial charge in [0.2, 0.25) is 5.89 Å². The molecule has 2 aromatic carbocycles. The second kappa shape index (κ2) is 5.51. The van der Waals surface area contributed by atoms with Crippen molar-refractivity contribution in [2.24, 2.45) is 0 Å². The Bertz CT molecular complexity index is 895. The third kappa shape index (κ3) is 3.00. The van der Waals surface area contributed by atoms with E-state index >= 15 is 0 Å². The van der Waals surface area contributed by atoms with Gasteiger partial charge in [-0.25, -0.2) is 4.98 Å². The van der Waals surface area contributed by atoms with E-state index in [2.05, 4.69) is 20.9 Å². The number of oxazole rings is 1. The molecule has 0 amide bonds. The maximum atomic E-state index is 13.1. The van der Waals surface area contributed by atoms with Crippen LogP contribution in [0.3, 0.4) is 0 Å². The van der Waals surface area contributed by atoms with Gasteiger partial charge in [0.25, 0.3) is 0 Å². The van der Waals surface area contributed by atoms with Crippen molar-refractivity contribution in [1.29, 1.82) is 0 Å². The van der Waals surface area contributed by atoms with Crippen molar-refractivity contribution in [2.75, 3.05) is 0 Å². The predicted octanol–water partition coefficient (Wildman–Crippen LogP) is 6.29. The number of rotatable bonds is 1. The van der Waals surface area contributed by atoms with E-state index in [1.807, 2.05) is 0 Å². The summed E-state index contributed by atoms with van der Waals surface area (Å²) in [6.07, 6.45) is -9.18. The summed E-state index contributed by atoms with van der Waals surface area (Å²) in [5.74, 6) is -0.192. The lowest BCUT2D eigenvalue weighted by Gasteiger charge is -2.08. The summed E-state index contributed by atoms with van der Waals surface area (Å²) in [5.41, 5.74) is -2.28. The van der Waals surface area contributed by atoms with Crippen LogP contribution in [0.15, 0.2) is 45.3 Å². The second-order valence-electron chi connectivity index (χ2n) is 4.86. The topological polar surface area (TPSA) is 26.0 Å². The van der Waals surface area contributed by atoms with Crippen LogP contribution in [0.25, 0.3) is 22.6 Å². The van der Waals surface area contributed by atoms with E-state index in [0.29, 0.717) is 0 Å². The summed E-state index contributed by atoms with van der Waals surface area (Å²) in [6, 6.07) is 6.32. The van der Waals surface area contributed by atoms with Crippen molar-refractivity contribution < 1.29 is 30.8 Å². The van der Waals surface area contributed by atoms with Gasteiger partial charge in [-0.1, -0.05) is 15.9 Å². The average molecular weight is 410 g/mol. The van der Waals surface area contributed by atoms with E-state index in [-0.39, 0.29) is 21.4 Å². The van der Waals surface area contributed by atoms with E-state index in [1.54, 1.807) is 0 Å². The molecule has 1 heterocycles. The molecule has 9 heteroatoms. The zero-order valence-corrected chi connectivity index (χ0v) is 13.1. The second-order valence-corrected chi connectivity index (χ2v) is 5.72. The first-order valence-corrected chi connectivity index (χ1v) is 7.20. The average Bonchev–Trinajstić information content (AvgIpc) is 2.88. The highest BCUT2D eigenvalue weighted by Crippen LogP contribution is 2.41. The quantitative estimate of drug-likeness (QED) is 0.441. The van der Waals surface area contributed by atoms with Crippen molar-refractivity contribution in [1.82, 2.24) is 4.98 Å². The molecule has 0 saturated carbocycles. The molecule has 2 nitrogen and oxygen atoms in total. The lowest BCUT2D eigenvalue weighted by atomic mass is 10.1. The molecular weight excluding hydrogens is 404 g/mol. The smallest absolute Gasteiger partial charge is 0.421 e. The summed E-state index contributed by atoms with van der Waals surface area (Å²) in [6.45, 7) is 0. The molecule has 3 aromatic rings. The van der Waals surface area contributed by atoms with Gasteiger partial charge in [0.15, 0.2) is 5.58 Å². The molecule has 1 aromatic heterocycles. The Balaban J connectivity index is 2.12. The number of aromatic nitrogens is 1. The van der Waals surface area contributed by atoms with Gasteiger partial charge in [-0.3, -0.25) is 0 Å². The number of nitrogens with zero attached hydrogens (tertiary/aromatic N) is 1. The summed E-state index contributed by atoms with van der Waals surface area (Å²) in [5, 5.41) is 0. The van der Waals surface area contributed by atoms with Crippen LogP contribution < -0.4 is 0 Å². The van der Waals surface area contributed by atoms with Crippen LogP contribution in [-0.4, -0.2) is 4.98 Å². The van der Waals surface area contributed by atoms with Gasteiger partial charge in [-0.2, -0.15) is 26.3 Å². The molecule has 0 aliphatic rings. The highest BCUT2D eigenvalue weighted by molar-refractivity contribution is 9.10. The number of hydrogen-bond donors (Lipinski definition) is 0. The first-order valence-electron chi connectivity index (χ1n) is 6.41. The van der Waals surface area contributed by atoms with Crippen molar-refractivity contribution in [3.63, 3.8) is 0 Å². The lowest BCUT2D eigenvalue weighted by Crippen LogP contribution is -2.06. The molecule has 0 saturated heterocycles. The Hall–Kier alpha value is -2.03. The van der Waals surface area contributed by atoms with Crippen molar-refractivity contribution in [3.8, 4) is 11.5 Å². The molecule has 0 aliphatic heterocycles. The normalized spacial score (nSPS) is 12.8. The molecule has 24 heavy (non-hydrogen) atoms. The SMILES string of the molecule is FC(F)(F)c1ccc(-c2nc3ccc(Br)c(C(F)(F)F)c3o2)cc1. The summed E-state index contributed by atoms with van der Waals surface area (Å²) < 4.78 is 82.0. The predicted molar refractivity (Wildman–Crippen MR) is 77.1 cm³/mol. The molecule has 3 rings (SSSR count). The number of hydrogen-bond acceptors (Lipinski definition) is 2. The zero-order valence-electron chi connectivity index (χ0n) is 11.5. The van der Waals surface area contributed by atoms with Gasteiger partial charge in [0.1, 0.15) is 11.1 Å². The van der Waals surface area contributed by atoms with Crippen LogP contribution in [0.5, 0.6) is 0 Å². The molecule has 0 aliphatic carbocycles. The van der Waals surface area contributed by atoms with Crippen LogP contribution in [0.2, 0.25) is 0 Å². The van der Waals surface area contributed by atoms with Crippen LogP contribution >= 0.6 is 15.9 Å². The summed E-state index contributed by atoms with van der Waals surface area (Å²) in [4.78, 5) is 3.92. The van der Waals surface area contributed by atoms with Gasteiger partial charge in [-0.05, 0) is 36.4 Å². The first kappa shape index (κ1) is 16.8. The monoisotopic (exact) mass is 409 g/mol. The Kier molecular flexibility index (Phi) is 3.86. The fourth-order valence-electron chi connectivity index (χ4n) is 2.16. The van der Waals surface area contributed by atoms with Gasteiger partial charge in [-0.15, -0.1) is 0 Å². The van der Waals surface area contributed by atoms with Crippen molar-refractivity contribution in [3.05, 3.63) is 52.0 Å². The molecule has 0 fully saturated rings. The molecule has 0 N–H and O–H groups in total. The standard InChI is InChI=1S/C15H6BrF6NO/c16-9-5-6-10-12(11(9)15(20,21)22)24-13(23-10)7-1-3-8(4-2-7)14(17,18)19/h1-6H. The van der Waals surface area contributed by atoms with Gasteiger partial charge >= 0.3 is 12.4 Å². The maximum Gasteiger partial charge on any atom is 0.421 e. The van der Waals surface area contributed by atoms with Crippen LogP contribution in [0.1, 0.15) is 11.1 Å². The minimum absolute atomic E-state index is 0.0413. The fraction of sp³-hybridized carbons (Fsp3) is 0.133. The molecule has 0 atom stereocenters. The minimum Gasteiger partial charge on any atom is -0.435 e. The van der Waals surface area contributed by atoms with Gasteiger partial charge in [0, 0.05) is 10.0 Å². The Labute approximate surface area is 139 Å². The summed E-state index contributed by atoms with van der Waals surface area (Å²) >= 11 is 2.82. The molecule has 0 unspecified atom stereocenters. The first-order chi connectivity index (χ1) is 11.1. The fourth-order valence-corrected chi connectivity index (χ4v) is 2.69. The largest absolute Gasteiger partial charge is 0.435 e. The highest BCUT2D eigenvalue weighted by atomic mass is 79.9. The number of alkyl halides is 6. The van der Waals surface area contributed by atoms with Crippen molar-refractivity contribution >= 4 is 27.0 Å². The summed E-state index contributed by atoms with van der Waals surface area (Å²) in [7, 11) is 0. The molecule has 0 spiro atoms. The van der Waals surface area contributed by atoms with E-state index in [9.17, 15) is 26.3 Å². The molecule has 0 bridgehead atoms. The van der Waals surface area contributed by atoms with Gasteiger partial charge in [0.05, 0.1) is 5.56 Å². The van der Waals surface area contributed by atoms with Crippen LogP contribution in [-0.2, 0) is 12.4 Å². The van der Waals surface area contributed by atoms with Gasteiger partial charge < -0.3 is 4.42 Å². The van der Waals surface area contributed by atoms with E-state index in [4.69, 9.17) is 4.42 Å². The van der Waals surface area contributed by atoms with E-state index in [1.165, 1.54) is 12.1 Å². The highest BCUT2D eigenvalue weighted by Gasteiger charge is 2.37. The third-order valence-electron chi connectivity index (χ3n) is 3.25. The Morgan fingerprint density at radius 3 is 2.00 bits per heavy atom. The molecule has 126 valence electrons. The Morgan fingerprint density at radius 1 is 0.833 bits per heavy atom. The number of fused-ring (bicyclic) bond motifs is 1. The minimum atomic E-state index is -4.67. The third-order valence-corrected chi connectivity index (χ3v) is 3.91. The van der Waals surface area contributed by atoms with Crippen LogP contribution in [0, 0.1) is 0 Å². The number of benzene rings is 2. The Morgan fingerprint density at radius 2 is 1.46 bits per heavy atom. The molecular formula is C15H6BrF6NO. The zero-order chi connectivity index (χ0) is 17.7. The maximum absolute atomic E-state index is 13.1. The van der Waals surface area contributed by atoms with Crippen LogP contribution in [0.4, 0.5) is 26.3 Å². The molecule has 0 radical (unpaired) electrons. The van der Waals surface area contributed by atoms with E-state index < -0.39 is 29.1 Å². The van der Waals surface area contributed by atoms with E-state index in [0.717, 1.165) is 24.3 Å².